The highest BCUT2D eigenvalue weighted by molar-refractivity contribution is 5.39. The Morgan fingerprint density at radius 2 is 2.06 bits per heavy atom. The lowest BCUT2D eigenvalue weighted by molar-refractivity contribution is 0.271. The van der Waals surface area contributed by atoms with Gasteiger partial charge in [0.25, 0.3) is 0 Å². The van der Waals surface area contributed by atoms with Gasteiger partial charge in [0.2, 0.25) is 0 Å². The molecule has 0 amide bonds. The van der Waals surface area contributed by atoms with Crippen molar-refractivity contribution in [3.8, 4) is 11.8 Å². The lowest BCUT2D eigenvalue weighted by atomic mass is 10.0. The summed E-state index contributed by atoms with van der Waals surface area (Å²) >= 11 is 0. The number of hydrogen-bond donors (Lipinski definition) is 1. The number of ether oxygens (including phenoxy) is 1. The van der Waals surface area contributed by atoms with Gasteiger partial charge in [-0.25, -0.2) is 0 Å². The summed E-state index contributed by atoms with van der Waals surface area (Å²) in [5.74, 6) is 0.779. The monoisotopic (exact) mass is 218 g/mol. The van der Waals surface area contributed by atoms with Crippen LogP contribution in [0.5, 0.6) is 5.75 Å². The highest BCUT2D eigenvalue weighted by Crippen LogP contribution is 2.26. The zero-order chi connectivity index (χ0) is 12.1. The summed E-state index contributed by atoms with van der Waals surface area (Å²) in [4.78, 5) is 0. The van der Waals surface area contributed by atoms with E-state index in [9.17, 15) is 0 Å². The minimum absolute atomic E-state index is 0.209. The maximum Gasteiger partial charge on any atom is 0.181 e. The van der Waals surface area contributed by atoms with Crippen LogP contribution in [0.1, 0.15) is 31.0 Å². The number of hydrogen-bond acceptors (Lipinski definition) is 3. The van der Waals surface area contributed by atoms with Crippen LogP contribution < -0.4 is 10.1 Å². The molecule has 3 heteroatoms. The highest BCUT2D eigenvalue weighted by atomic mass is 16.5. The average molecular weight is 218 g/mol. The molecule has 1 aromatic carbocycles. The lowest BCUT2D eigenvalue weighted by Crippen LogP contribution is -2.16. The first-order valence-electron chi connectivity index (χ1n) is 5.42. The van der Waals surface area contributed by atoms with Gasteiger partial charge in [0, 0.05) is 11.6 Å². The molecule has 0 aromatic heterocycles. The first kappa shape index (κ1) is 12.5. The Morgan fingerprint density at radius 3 is 2.62 bits per heavy atom. The number of nitriles is 1. The van der Waals surface area contributed by atoms with Crippen molar-refractivity contribution in [3.63, 3.8) is 0 Å². The molecule has 0 aliphatic rings. The molecule has 0 spiro atoms. The van der Waals surface area contributed by atoms with E-state index in [2.05, 4.69) is 24.4 Å². The van der Waals surface area contributed by atoms with E-state index >= 15 is 0 Å². The largest absolute Gasteiger partial charge is 0.476 e. The fourth-order valence-corrected chi connectivity index (χ4v) is 1.49. The molecule has 2 unspecified atom stereocenters. The molecule has 1 aromatic rings. The molecule has 1 N–H and O–H groups in total. The SMILES string of the molecule is CNC(C)c1cc(C)ccc1OC(C)C#N. The van der Waals surface area contributed by atoms with Gasteiger partial charge in [-0.15, -0.1) is 0 Å². The third kappa shape index (κ3) is 2.98. The van der Waals surface area contributed by atoms with Gasteiger partial charge in [-0.05, 0) is 33.9 Å². The molecular formula is C13H18N2O. The highest BCUT2D eigenvalue weighted by Gasteiger charge is 2.12. The van der Waals surface area contributed by atoms with Gasteiger partial charge in [-0.1, -0.05) is 17.7 Å². The maximum absolute atomic E-state index is 8.75. The molecular weight excluding hydrogens is 200 g/mol. The average Bonchev–Trinajstić information content (AvgIpc) is 2.30. The Kier molecular flexibility index (Phi) is 4.33. The zero-order valence-corrected chi connectivity index (χ0v) is 10.2. The van der Waals surface area contributed by atoms with Crippen LogP contribution in [-0.2, 0) is 0 Å². The summed E-state index contributed by atoms with van der Waals surface area (Å²) in [6.07, 6.45) is -0.425. The van der Waals surface area contributed by atoms with Crippen molar-refractivity contribution < 1.29 is 4.74 Å². The summed E-state index contributed by atoms with van der Waals surface area (Å²) < 4.78 is 5.57. The van der Waals surface area contributed by atoms with Crippen LogP contribution in [0.25, 0.3) is 0 Å². The smallest absolute Gasteiger partial charge is 0.181 e. The Hall–Kier alpha value is -1.53. The summed E-state index contributed by atoms with van der Waals surface area (Å²) in [5.41, 5.74) is 2.28. The molecule has 1 rings (SSSR count). The summed E-state index contributed by atoms with van der Waals surface area (Å²) in [6, 6.07) is 8.28. The summed E-state index contributed by atoms with van der Waals surface area (Å²) in [5, 5.41) is 11.9. The maximum atomic E-state index is 8.75. The van der Waals surface area contributed by atoms with Crippen molar-refractivity contribution in [2.24, 2.45) is 0 Å². The van der Waals surface area contributed by atoms with Crippen molar-refractivity contribution in [1.29, 1.82) is 5.26 Å². The number of nitrogens with zero attached hydrogens (tertiary/aromatic N) is 1. The normalized spacial score (nSPS) is 13.9. The quantitative estimate of drug-likeness (QED) is 0.844. The molecule has 0 heterocycles. The molecule has 0 saturated carbocycles. The third-order valence-electron chi connectivity index (χ3n) is 2.55. The van der Waals surface area contributed by atoms with Crippen LogP contribution in [0.4, 0.5) is 0 Å². The predicted molar refractivity (Wildman–Crippen MR) is 64.4 cm³/mol. The van der Waals surface area contributed by atoms with Crippen LogP contribution in [0.3, 0.4) is 0 Å². The minimum atomic E-state index is -0.425. The first-order valence-corrected chi connectivity index (χ1v) is 5.42. The van der Waals surface area contributed by atoms with E-state index in [0.29, 0.717) is 0 Å². The Morgan fingerprint density at radius 1 is 1.38 bits per heavy atom. The number of aryl methyl sites for hydroxylation is 1. The fraction of sp³-hybridized carbons (Fsp3) is 0.462. The number of nitrogens with one attached hydrogen (secondary N) is 1. The van der Waals surface area contributed by atoms with Gasteiger partial charge in [0.05, 0.1) is 0 Å². The molecule has 2 atom stereocenters. The Balaban J connectivity index is 3.03. The molecule has 0 fully saturated rings. The van der Waals surface area contributed by atoms with E-state index in [-0.39, 0.29) is 6.04 Å². The van der Waals surface area contributed by atoms with Crippen molar-refractivity contribution in [1.82, 2.24) is 5.32 Å². The van der Waals surface area contributed by atoms with Gasteiger partial charge in [0.15, 0.2) is 6.10 Å². The topological polar surface area (TPSA) is 45.0 Å². The predicted octanol–water partition coefficient (Wildman–Crippen LogP) is 2.57. The fourth-order valence-electron chi connectivity index (χ4n) is 1.49. The zero-order valence-electron chi connectivity index (χ0n) is 10.2. The molecule has 86 valence electrons. The van der Waals surface area contributed by atoms with Crippen molar-refractivity contribution in [3.05, 3.63) is 29.3 Å². The molecule has 3 nitrogen and oxygen atoms in total. The molecule has 16 heavy (non-hydrogen) atoms. The standard InChI is InChI=1S/C13H18N2O/c1-9-5-6-13(16-10(2)8-14)12(7-9)11(3)15-4/h5-7,10-11,15H,1-4H3. The van der Waals surface area contributed by atoms with E-state index < -0.39 is 6.10 Å². The second kappa shape index (κ2) is 5.53. The van der Waals surface area contributed by atoms with Crippen molar-refractivity contribution >= 4 is 0 Å². The molecule has 0 aliphatic carbocycles. The van der Waals surface area contributed by atoms with Crippen LogP contribution >= 0.6 is 0 Å². The molecule has 0 radical (unpaired) electrons. The van der Waals surface area contributed by atoms with E-state index in [0.717, 1.165) is 11.3 Å². The van der Waals surface area contributed by atoms with E-state index in [1.54, 1.807) is 6.92 Å². The van der Waals surface area contributed by atoms with Gasteiger partial charge in [-0.2, -0.15) is 5.26 Å². The molecule has 0 aliphatic heterocycles. The van der Waals surface area contributed by atoms with Gasteiger partial charge < -0.3 is 10.1 Å². The van der Waals surface area contributed by atoms with Crippen molar-refractivity contribution in [2.45, 2.75) is 32.9 Å². The van der Waals surface area contributed by atoms with Crippen LogP contribution in [0.2, 0.25) is 0 Å². The Bertz CT molecular complexity index is 395. The Labute approximate surface area is 97.0 Å². The van der Waals surface area contributed by atoms with E-state index in [4.69, 9.17) is 10.00 Å². The molecule has 0 saturated heterocycles. The minimum Gasteiger partial charge on any atom is -0.476 e. The van der Waals surface area contributed by atoms with Crippen molar-refractivity contribution in [2.75, 3.05) is 7.05 Å². The van der Waals surface area contributed by atoms with Gasteiger partial charge in [0.1, 0.15) is 11.8 Å². The van der Waals surface area contributed by atoms with Crippen LogP contribution in [0, 0.1) is 18.3 Å². The van der Waals surface area contributed by atoms with Gasteiger partial charge >= 0.3 is 0 Å². The third-order valence-corrected chi connectivity index (χ3v) is 2.55. The number of rotatable bonds is 4. The van der Waals surface area contributed by atoms with Crippen LogP contribution in [0.15, 0.2) is 18.2 Å². The van der Waals surface area contributed by atoms with E-state index in [1.165, 1.54) is 5.56 Å². The molecule has 0 bridgehead atoms. The van der Waals surface area contributed by atoms with E-state index in [1.807, 2.05) is 26.1 Å². The number of benzene rings is 1. The summed E-state index contributed by atoms with van der Waals surface area (Å²) in [7, 11) is 1.91. The first-order chi connectivity index (χ1) is 7.58. The second-order valence-electron chi connectivity index (χ2n) is 3.94. The van der Waals surface area contributed by atoms with Gasteiger partial charge in [-0.3, -0.25) is 0 Å². The lowest BCUT2D eigenvalue weighted by Gasteiger charge is -2.18. The summed E-state index contributed by atoms with van der Waals surface area (Å²) in [6.45, 7) is 5.86. The second-order valence-corrected chi connectivity index (χ2v) is 3.94. The van der Waals surface area contributed by atoms with Crippen LogP contribution in [-0.4, -0.2) is 13.2 Å².